The van der Waals surface area contributed by atoms with Gasteiger partial charge in [-0.2, -0.15) is 8.78 Å². The Labute approximate surface area is 207 Å². The number of carboxylic acid groups (broad SMARTS) is 1. The maximum Gasteiger partial charge on any atom is 0.327 e. The van der Waals surface area contributed by atoms with Crippen molar-refractivity contribution in [3.8, 4) is 0 Å². The summed E-state index contributed by atoms with van der Waals surface area (Å²) in [5, 5.41) is 19.2. The van der Waals surface area contributed by atoms with Crippen molar-refractivity contribution >= 4 is 11.9 Å². The molecule has 0 aliphatic carbocycles. The van der Waals surface area contributed by atoms with Crippen LogP contribution in [0.15, 0.2) is 36.4 Å². The number of nitrogens with zero attached hydrogens (tertiary/aromatic N) is 1. The summed E-state index contributed by atoms with van der Waals surface area (Å²) in [6, 6.07) is 7.46. The molecule has 1 fully saturated rings. The molecule has 1 aromatic rings. The van der Waals surface area contributed by atoms with E-state index in [1.807, 2.05) is 19.1 Å². The van der Waals surface area contributed by atoms with E-state index in [1.54, 1.807) is 19.3 Å². The Morgan fingerprint density at radius 1 is 1.23 bits per heavy atom. The van der Waals surface area contributed by atoms with Crippen LogP contribution in [0.1, 0.15) is 69.4 Å². The predicted octanol–water partition coefficient (Wildman–Crippen LogP) is 4.98. The maximum absolute atomic E-state index is 14.1. The van der Waals surface area contributed by atoms with E-state index in [2.05, 4.69) is 12.1 Å². The number of hydrogen-bond acceptors (Lipinski definition) is 4. The molecule has 6 nitrogen and oxygen atoms in total. The molecule has 35 heavy (non-hydrogen) atoms. The first-order valence-corrected chi connectivity index (χ1v) is 12.5. The Bertz CT molecular complexity index is 845. The molecule has 0 saturated carbocycles. The molecule has 0 spiro atoms. The lowest BCUT2D eigenvalue weighted by Crippen LogP contribution is -2.36. The van der Waals surface area contributed by atoms with Gasteiger partial charge in [0.05, 0.1) is 18.8 Å². The minimum absolute atomic E-state index is 0.0475. The van der Waals surface area contributed by atoms with Crippen LogP contribution in [-0.2, 0) is 27.4 Å². The van der Waals surface area contributed by atoms with Gasteiger partial charge < -0.3 is 19.8 Å². The SMILES string of the molecule is COCc1cccc(CCC[C@H](C)[C@H](O)C=CC2CC(F)(F)C(=O)N2CCCCCCC(=O)O)c1. The summed E-state index contributed by atoms with van der Waals surface area (Å²) >= 11 is 0. The number of unbranched alkanes of at least 4 members (excludes halogenated alkanes) is 3. The van der Waals surface area contributed by atoms with E-state index in [0.29, 0.717) is 32.3 Å². The van der Waals surface area contributed by atoms with Gasteiger partial charge in [0.2, 0.25) is 0 Å². The first kappa shape index (κ1) is 28.9. The lowest BCUT2D eigenvalue weighted by Gasteiger charge is -2.22. The zero-order valence-electron chi connectivity index (χ0n) is 20.8. The number of carbonyl (C=O) groups is 2. The van der Waals surface area contributed by atoms with Crippen LogP contribution < -0.4 is 0 Å². The lowest BCUT2D eigenvalue weighted by molar-refractivity contribution is -0.148. The summed E-state index contributed by atoms with van der Waals surface area (Å²) in [6.07, 6.45) is 6.77. The molecule has 1 amide bonds. The highest BCUT2D eigenvalue weighted by Crippen LogP contribution is 2.34. The van der Waals surface area contributed by atoms with E-state index in [9.17, 15) is 23.5 Å². The van der Waals surface area contributed by atoms with E-state index in [0.717, 1.165) is 24.8 Å². The number of halogens is 2. The molecule has 0 radical (unpaired) electrons. The first-order chi connectivity index (χ1) is 16.6. The Morgan fingerprint density at radius 2 is 1.94 bits per heavy atom. The third-order valence-corrected chi connectivity index (χ3v) is 6.52. The Balaban J connectivity index is 1.82. The molecule has 3 atom stereocenters. The Kier molecular flexibility index (Phi) is 11.8. The van der Waals surface area contributed by atoms with Gasteiger partial charge in [-0.15, -0.1) is 0 Å². The molecular weight excluding hydrogens is 456 g/mol. The van der Waals surface area contributed by atoms with Crippen molar-refractivity contribution in [2.24, 2.45) is 5.92 Å². The number of aliphatic carboxylic acids is 1. The third-order valence-electron chi connectivity index (χ3n) is 6.52. The van der Waals surface area contributed by atoms with E-state index in [1.165, 1.54) is 10.5 Å². The van der Waals surface area contributed by atoms with Crippen molar-refractivity contribution < 1.29 is 33.3 Å². The monoisotopic (exact) mass is 495 g/mol. The smallest absolute Gasteiger partial charge is 0.327 e. The second-order valence-electron chi connectivity index (χ2n) is 9.53. The molecule has 1 heterocycles. The molecule has 8 heteroatoms. The van der Waals surface area contributed by atoms with Gasteiger partial charge in [-0.3, -0.25) is 9.59 Å². The van der Waals surface area contributed by atoms with Crippen LogP contribution in [-0.4, -0.2) is 58.7 Å². The quantitative estimate of drug-likeness (QED) is 0.250. The molecule has 1 unspecified atom stereocenters. The molecule has 0 bridgehead atoms. The van der Waals surface area contributed by atoms with Gasteiger partial charge in [0, 0.05) is 26.5 Å². The summed E-state index contributed by atoms with van der Waals surface area (Å²) in [4.78, 5) is 23.9. The van der Waals surface area contributed by atoms with Crippen LogP contribution >= 0.6 is 0 Å². The van der Waals surface area contributed by atoms with Crippen molar-refractivity contribution in [1.82, 2.24) is 4.90 Å². The normalized spacial score (nSPS) is 19.4. The van der Waals surface area contributed by atoms with E-state index >= 15 is 0 Å². The number of aryl methyl sites for hydroxylation is 1. The fourth-order valence-corrected chi connectivity index (χ4v) is 4.44. The average molecular weight is 496 g/mol. The van der Waals surface area contributed by atoms with Crippen molar-refractivity contribution in [3.63, 3.8) is 0 Å². The van der Waals surface area contributed by atoms with Crippen molar-refractivity contribution in [3.05, 3.63) is 47.5 Å². The van der Waals surface area contributed by atoms with Gasteiger partial charge in [0.15, 0.2) is 0 Å². The van der Waals surface area contributed by atoms with Crippen LogP contribution in [0.25, 0.3) is 0 Å². The number of amides is 1. The molecule has 1 aromatic carbocycles. The number of hydrogen-bond donors (Lipinski definition) is 2. The van der Waals surface area contributed by atoms with Gasteiger partial charge in [-0.25, -0.2) is 0 Å². The van der Waals surface area contributed by atoms with Crippen LogP contribution in [0, 0.1) is 5.92 Å². The summed E-state index contributed by atoms with van der Waals surface area (Å²) < 4.78 is 33.3. The van der Waals surface area contributed by atoms with E-state index in [4.69, 9.17) is 9.84 Å². The fourth-order valence-electron chi connectivity index (χ4n) is 4.44. The number of likely N-dealkylation sites (tertiary alicyclic amines) is 1. The zero-order valence-corrected chi connectivity index (χ0v) is 20.8. The number of aliphatic hydroxyl groups is 1. The summed E-state index contributed by atoms with van der Waals surface area (Å²) in [6.45, 7) is 2.70. The average Bonchev–Trinajstić information content (AvgIpc) is 3.02. The highest BCUT2D eigenvalue weighted by atomic mass is 19.3. The molecule has 1 aliphatic heterocycles. The number of aliphatic hydroxyl groups excluding tert-OH is 1. The fraction of sp³-hybridized carbons (Fsp3) is 0.630. The minimum Gasteiger partial charge on any atom is -0.481 e. The van der Waals surface area contributed by atoms with Gasteiger partial charge in [-0.1, -0.05) is 56.2 Å². The molecule has 2 N–H and O–H groups in total. The zero-order chi connectivity index (χ0) is 25.8. The second kappa shape index (κ2) is 14.3. The number of methoxy groups -OCH3 is 1. The van der Waals surface area contributed by atoms with Gasteiger partial charge >= 0.3 is 11.9 Å². The van der Waals surface area contributed by atoms with Crippen LogP contribution in [0.2, 0.25) is 0 Å². The van der Waals surface area contributed by atoms with Crippen LogP contribution in [0.4, 0.5) is 8.78 Å². The van der Waals surface area contributed by atoms with Gasteiger partial charge in [-0.05, 0) is 49.1 Å². The summed E-state index contributed by atoms with van der Waals surface area (Å²) in [5.74, 6) is -5.47. The van der Waals surface area contributed by atoms with Crippen molar-refractivity contribution in [2.75, 3.05) is 13.7 Å². The predicted molar refractivity (Wildman–Crippen MR) is 130 cm³/mol. The molecule has 0 aromatic heterocycles. The largest absolute Gasteiger partial charge is 0.481 e. The molecule has 2 rings (SSSR count). The number of ether oxygens (including phenoxy) is 1. The molecule has 1 saturated heterocycles. The van der Waals surface area contributed by atoms with Gasteiger partial charge in [0.1, 0.15) is 0 Å². The Hall–Kier alpha value is -2.32. The summed E-state index contributed by atoms with van der Waals surface area (Å²) in [5.41, 5.74) is 2.33. The van der Waals surface area contributed by atoms with Gasteiger partial charge in [0.25, 0.3) is 5.91 Å². The Morgan fingerprint density at radius 3 is 2.66 bits per heavy atom. The number of benzene rings is 1. The van der Waals surface area contributed by atoms with Crippen LogP contribution in [0.3, 0.4) is 0 Å². The lowest BCUT2D eigenvalue weighted by atomic mass is 9.95. The molecule has 196 valence electrons. The van der Waals surface area contributed by atoms with Crippen LogP contribution in [0.5, 0.6) is 0 Å². The second-order valence-corrected chi connectivity index (χ2v) is 9.53. The van der Waals surface area contributed by atoms with Crippen molar-refractivity contribution in [1.29, 1.82) is 0 Å². The highest BCUT2D eigenvalue weighted by Gasteiger charge is 2.52. The number of alkyl halides is 2. The number of rotatable bonds is 16. The minimum atomic E-state index is -3.40. The third kappa shape index (κ3) is 9.68. The van der Waals surface area contributed by atoms with E-state index in [-0.39, 0.29) is 18.9 Å². The molecule has 1 aliphatic rings. The summed E-state index contributed by atoms with van der Waals surface area (Å²) in [7, 11) is 1.66. The standard InChI is InChI=1S/C27H39F2NO5/c1-20(9-7-10-21-11-8-12-22(17-21)19-35-2)24(31)15-14-23-18-27(28,29)26(34)30(23)16-6-4-3-5-13-25(32)33/h8,11-12,14-15,17,20,23-24,31H,3-7,9-10,13,16,18-19H2,1-2H3,(H,32,33)/t20-,23?,24+/m0/s1. The number of carboxylic acids is 1. The number of carbonyl (C=O) groups excluding carboxylic acids is 1. The van der Waals surface area contributed by atoms with Crippen molar-refractivity contribution in [2.45, 2.75) is 89.4 Å². The first-order valence-electron chi connectivity index (χ1n) is 12.5. The highest BCUT2D eigenvalue weighted by molar-refractivity contribution is 5.86. The topological polar surface area (TPSA) is 87.1 Å². The van der Waals surface area contributed by atoms with E-state index < -0.39 is 36.4 Å². The maximum atomic E-state index is 14.1. The molecular formula is C27H39F2NO5.